The molecule has 0 spiro atoms. The Morgan fingerprint density at radius 1 is 1.15 bits per heavy atom. The number of halogens is 1. The first kappa shape index (κ1) is 18.7. The molecule has 0 saturated carbocycles. The number of carbonyl (C=O) groups excluding carboxylic acids is 1. The molecule has 1 N–H and O–H groups in total. The Balaban J connectivity index is 0.00000196. The predicted octanol–water partition coefficient (Wildman–Crippen LogP) is 2.05. The van der Waals surface area contributed by atoms with Crippen LogP contribution in [-0.2, 0) is 4.79 Å². The minimum absolute atomic E-state index is 0. The lowest BCUT2D eigenvalue weighted by Gasteiger charge is -2.21. The zero-order valence-electron chi connectivity index (χ0n) is 14.5. The van der Waals surface area contributed by atoms with Crippen LogP contribution in [0.1, 0.15) is 12.8 Å². The van der Waals surface area contributed by atoms with Gasteiger partial charge in [0.2, 0.25) is 0 Å². The van der Waals surface area contributed by atoms with Crippen molar-refractivity contribution in [2.45, 2.75) is 12.8 Å². The van der Waals surface area contributed by atoms with Gasteiger partial charge in [-0.3, -0.25) is 4.79 Å². The van der Waals surface area contributed by atoms with Gasteiger partial charge in [0.05, 0.1) is 0 Å². The van der Waals surface area contributed by atoms with E-state index in [0.717, 1.165) is 44.4 Å². The highest BCUT2D eigenvalue weighted by Crippen LogP contribution is 2.27. The first-order valence-corrected chi connectivity index (χ1v) is 8.84. The van der Waals surface area contributed by atoms with Crippen molar-refractivity contribution in [1.82, 2.24) is 10.2 Å². The van der Waals surface area contributed by atoms with Crippen LogP contribution in [-0.4, -0.2) is 43.6 Å². The molecule has 2 aliphatic heterocycles. The van der Waals surface area contributed by atoms with Gasteiger partial charge in [-0.2, -0.15) is 0 Å². The number of fused-ring (bicyclic) bond motifs is 2. The van der Waals surface area contributed by atoms with Crippen LogP contribution in [0, 0.1) is 11.8 Å². The second-order valence-corrected chi connectivity index (χ2v) is 6.88. The first-order chi connectivity index (χ1) is 12.2. The van der Waals surface area contributed by atoms with Gasteiger partial charge in [-0.1, -0.05) is 0 Å². The average Bonchev–Trinajstić information content (AvgIpc) is 2.97. The van der Waals surface area contributed by atoms with Crippen molar-refractivity contribution < 1.29 is 13.9 Å². The Kier molecular flexibility index (Phi) is 5.84. The van der Waals surface area contributed by atoms with Crippen LogP contribution in [0.3, 0.4) is 0 Å². The molecule has 0 aliphatic carbocycles. The zero-order valence-corrected chi connectivity index (χ0v) is 15.3. The van der Waals surface area contributed by atoms with Crippen molar-refractivity contribution in [3.63, 3.8) is 0 Å². The van der Waals surface area contributed by atoms with E-state index >= 15 is 0 Å². The van der Waals surface area contributed by atoms with Crippen molar-refractivity contribution in [2.75, 3.05) is 32.8 Å². The molecule has 2 atom stereocenters. The Morgan fingerprint density at radius 2 is 1.85 bits per heavy atom. The maximum atomic E-state index is 12.5. The van der Waals surface area contributed by atoms with Gasteiger partial charge >= 0.3 is 5.63 Å². The first-order valence-electron chi connectivity index (χ1n) is 8.84. The summed E-state index contributed by atoms with van der Waals surface area (Å²) >= 11 is 0. The van der Waals surface area contributed by atoms with E-state index in [4.69, 9.17) is 9.15 Å². The fourth-order valence-electron chi connectivity index (χ4n) is 3.83. The third kappa shape index (κ3) is 4.02. The van der Waals surface area contributed by atoms with Crippen molar-refractivity contribution >= 4 is 29.3 Å². The molecule has 6 nitrogen and oxygen atoms in total. The summed E-state index contributed by atoms with van der Waals surface area (Å²) in [6, 6.07) is 8.35. The Hall–Kier alpha value is -2.05. The standard InChI is InChI=1S/C19H22N2O4.ClH/c22-18(21-7-5-14-10-20-11-15(14)6-8-21)12-24-16-3-1-13-2-4-19(23)25-17(13)9-16;/h1-4,9,14-15,20H,5-8,10-12H2;1H/t14-,15+;. The number of hydrogen-bond acceptors (Lipinski definition) is 5. The molecule has 4 rings (SSSR count). The largest absolute Gasteiger partial charge is 0.484 e. The van der Waals surface area contributed by atoms with Gasteiger partial charge in [0, 0.05) is 30.6 Å². The summed E-state index contributed by atoms with van der Waals surface area (Å²) in [6.45, 7) is 3.77. The third-order valence-corrected chi connectivity index (χ3v) is 5.33. The van der Waals surface area contributed by atoms with E-state index < -0.39 is 5.63 Å². The van der Waals surface area contributed by atoms with Crippen LogP contribution in [0.4, 0.5) is 0 Å². The number of nitrogens with zero attached hydrogens (tertiary/aromatic N) is 1. The maximum absolute atomic E-state index is 12.5. The lowest BCUT2D eigenvalue weighted by atomic mass is 9.92. The normalized spacial score (nSPS) is 22.4. The molecule has 1 amide bonds. The summed E-state index contributed by atoms with van der Waals surface area (Å²) in [5.41, 5.74) is 0.0675. The molecule has 7 heteroatoms. The molecule has 0 radical (unpaired) electrons. The quantitative estimate of drug-likeness (QED) is 0.828. The van der Waals surface area contributed by atoms with Crippen molar-refractivity contribution in [3.8, 4) is 5.75 Å². The van der Waals surface area contributed by atoms with Gasteiger partial charge in [-0.25, -0.2) is 4.79 Å². The topological polar surface area (TPSA) is 71.8 Å². The fraction of sp³-hybridized carbons (Fsp3) is 0.474. The number of carbonyl (C=O) groups is 1. The molecule has 3 heterocycles. The van der Waals surface area contributed by atoms with Gasteiger partial charge in [0.1, 0.15) is 11.3 Å². The molecule has 2 aliphatic rings. The smallest absolute Gasteiger partial charge is 0.336 e. The minimum Gasteiger partial charge on any atom is -0.484 e. The van der Waals surface area contributed by atoms with Crippen molar-refractivity contribution in [2.24, 2.45) is 11.8 Å². The maximum Gasteiger partial charge on any atom is 0.336 e. The molecule has 2 fully saturated rings. The van der Waals surface area contributed by atoms with E-state index in [1.165, 1.54) is 6.07 Å². The molecule has 2 saturated heterocycles. The van der Waals surface area contributed by atoms with Crippen LogP contribution in [0.5, 0.6) is 5.75 Å². The lowest BCUT2D eigenvalue weighted by molar-refractivity contribution is -0.133. The molecule has 0 bridgehead atoms. The highest BCUT2D eigenvalue weighted by molar-refractivity contribution is 5.85. The zero-order chi connectivity index (χ0) is 17.2. The molecule has 1 aromatic heterocycles. The number of benzene rings is 1. The van der Waals surface area contributed by atoms with E-state index in [-0.39, 0.29) is 24.9 Å². The van der Waals surface area contributed by atoms with E-state index in [1.807, 2.05) is 11.0 Å². The van der Waals surface area contributed by atoms with Crippen molar-refractivity contribution in [3.05, 3.63) is 40.8 Å². The van der Waals surface area contributed by atoms with E-state index in [1.54, 1.807) is 18.2 Å². The molecular formula is C19H23ClN2O4. The average molecular weight is 379 g/mol. The molecule has 140 valence electrons. The highest BCUT2D eigenvalue weighted by atomic mass is 35.5. The lowest BCUT2D eigenvalue weighted by Crippen LogP contribution is -2.36. The SMILES string of the molecule is Cl.O=C(COc1ccc2ccc(=O)oc2c1)N1CC[C@@H]2CNC[C@@H]2CC1. The number of amides is 1. The van der Waals surface area contributed by atoms with Gasteiger partial charge in [0.25, 0.3) is 5.91 Å². The molecule has 0 unspecified atom stereocenters. The predicted molar refractivity (Wildman–Crippen MR) is 101 cm³/mol. The molecule has 26 heavy (non-hydrogen) atoms. The second-order valence-electron chi connectivity index (χ2n) is 6.88. The van der Waals surface area contributed by atoms with Gasteiger partial charge < -0.3 is 19.4 Å². The molecule has 2 aromatic rings. The van der Waals surface area contributed by atoms with E-state index in [0.29, 0.717) is 23.2 Å². The van der Waals surface area contributed by atoms with Gasteiger partial charge in [0.15, 0.2) is 6.61 Å². The number of nitrogens with one attached hydrogen (secondary N) is 1. The minimum atomic E-state index is -0.398. The summed E-state index contributed by atoms with van der Waals surface area (Å²) < 4.78 is 10.8. The number of rotatable bonds is 3. The van der Waals surface area contributed by atoms with Crippen LogP contribution in [0.15, 0.2) is 39.5 Å². The van der Waals surface area contributed by atoms with Crippen LogP contribution >= 0.6 is 12.4 Å². The van der Waals surface area contributed by atoms with Gasteiger partial charge in [-0.05, 0) is 56.0 Å². The Bertz CT molecular complexity index is 824. The fourth-order valence-corrected chi connectivity index (χ4v) is 3.83. The third-order valence-electron chi connectivity index (χ3n) is 5.33. The summed E-state index contributed by atoms with van der Waals surface area (Å²) in [4.78, 5) is 25.7. The summed E-state index contributed by atoms with van der Waals surface area (Å²) in [6.07, 6.45) is 2.12. The van der Waals surface area contributed by atoms with Crippen LogP contribution in [0.25, 0.3) is 11.0 Å². The van der Waals surface area contributed by atoms with Crippen LogP contribution in [0.2, 0.25) is 0 Å². The number of ether oxygens (including phenoxy) is 1. The van der Waals surface area contributed by atoms with Crippen LogP contribution < -0.4 is 15.7 Å². The highest BCUT2D eigenvalue weighted by Gasteiger charge is 2.31. The Morgan fingerprint density at radius 3 is 2.58 bits per heavy atom. The van der Waals surface area contributed by atoms with E-state index in [9.17, 15) is 9.59 Å². The summed E-state index contributed by atoms with van der Waals surface area (Å²) in [5, 5.41) is 4.27. The monoisotopic (exact) mass is 378 g/mol. The number of hydrogen-bond donors (Lipinski definition) is 1. The van der Waals surface area contributed by atoms with Crippen molar-refractivity contribution in [1.29, 1.82) is 0 Å². The summed E-state index contributed by atoms with van der Waals surface area (Å²) in [7, 11) is 0. The van der Waals surface area contributed by atoms with E-state index in [2.05, 4.69) is 5.32 Å². The molecule has 1 aromatic carbocycles. The second kappa shape index (κ2) is 8.10. The number of likely N-dealkylation sites (tertiary alicyclic amines) is 1. The Labute approximate surface area is 157 Å². The summed E-state index contributed by atoms with van der Waals surface area (Å²) in [5.74, 6) is 1.94. The molecular weight excluding hydrogens is 356 g/mol. The van der Waals surface area contributed by atoms with Gasteiger partial charge in [-0.15, -0.1) is 12.4 Å².